The van der Waals surface area contributed by atoms with E-state index < -0.39 is 12.0 Å². The molecule has 0 saturated carbocycles. The van der Waals surface area contributed by atoms with Gasteiger partial charge in [0.2, 0.25) is 0 Å². The van der Waals surface area contributed by atoms with E-state index >= 15 is 0 Å². The smallest absolute Gasteiger partial charge is 0.331 e. The number of hydrogen-bond acceptors (Lipinski definition) is 5. The Kier molecular flexibility index (Phi) is 7.49. The number of Topliss-reactive ketones (excluding diaryl/α,β-unsaturated/α-hetero) is 1. The van der Waals surface area contributed by atoms with Crippen molar-refractivity contribution in [2.24, 2.45) is 5.73 Å². The Bertz CT molecular complexity index is 1070. The molecule has 1 atom stereocenters. The number of hydrogen-bond donors (Lipinski definition) is 3. The number of ether oxygens (including phenoxy) is 1. The van der Waals surface area contributed by atoms with Crippen LogP contribution in [-0.2, 0) is 17.8 Å². The molecule has 0 aliphatic heterocycles. The molecule has 1 unspecified atom stereocenters. The highest BCUT2D eigenvalue weighted by molar-refractivity contribution is 5.97. The number of aliphatic carboxylic acids is 1. The van der Waals surface area contributed by atoms with Gasteiger partial charge < -0.3 is 20.7 Å². The van der Waals surface area contributed by atoms with Crippen molar-refractivity contribution in [1.29, 1.82) is 0 Å². The van der Waals surface area contributed by atoms with Gasteiger partial charge in [-0.2, -0.15) is 0 Å². The van der Waals surface area contributed by atoms with Crippen LogP contribution >= 0.6 is 0 Å². The number of carboxylic acids is 1. The molecule has 0 heterocycles. The monoisotopic (exact) mass is 435 g/mol. The average molecular weight is 436 g/mol. The number of rotatable bonds is 9. The first-order valence-corrected chi connectivity index (χ1v) is 10.8. The summed E-state index contributed by atoms with van der Waals surface area (Å²) in [5.41, 5.74) is 10.3. The highest BCUT2D eigenvalue weighted by atomic mass is 16.5. The van der Waals surface area contributed by atoms with E-state index in [1.807, 2.05) is 37.3 Å². The predicted molar refractivity (Wildman–Crippen MR) is 123 cm³/mol. The Labute approximate surface area is 188 Å². The zero-order valence-electron chi connectivity index (χ0n) is 18.4. The van der Waals surface area contributed by atoms with E-state index in [4.69, 9.17) is 10.5 Å². The SMILES string of the molecule is CCCc1c(OCc2ccc(C(N)C3=CCCC(C(=O)O)=C3)cc2)ccc(C(C)=O)c1O. The van der Waals surface area contributed by atoms with Gasteiger partial charge in [-0.15, -0.1) is 0 Å². The number of nitrogens with two attached hydrogens (primary N) is 1. The van der Waals surface area contributed by atoms with Crippen molar-refractivity contribution < 1.29 is 24.5 Å². The molecule has 0 fully saturated rings. The molecule has 0 radical (unpaired) electrons. The van der Waals surface area contributed by atoms with Gasteiger partial charge in [0.25, 0.3) is 0 Å². The lowest BCUT2D eigenvalue weighted by atomic mass is 9.91. The molecule has 0 amide bonds. The third kappa shape index (κ3) is 5.26. The minimum Gasteiger partial charge on any atom is -0.507 e. The summed E-state index contributed by atoms with van der Waals surface area (Å²) in [6.45, 7) is 3.73. The van der Waals surface area contributed by atoms with E-state index in [2.05, 4.69) is 0 Å². The van der Waals surface area contributed by atoms with Crippen LogP contribution in [0.2, 0.25) is 0 Å². The van der Waals surface area contributed by atoms with E-state index in [0.29, 0.717) is 48.3 Å². The molecule has 168 valence electrons. The molecule has 32 heavy (non-hydrogen) atoms. The molecule has 0 spiro atoms. The Morgan fingerprint density at radius 2 is 1.88 bits per heavy atom. The molecule has 3 rings (SSSR count). The normalized spacial score (nSPS) is 14.3. The first-order valence-electron chi connectivity index (χ1n) is 10.8. The summed E-state index contributed by atoms with van der Waals surface area (Å²) in [5, 5.41) is 19.7. The molecule has 1 aliphatic carbocycles. The highest BCUT2D eigenvalue weighted by Gasteiger charge is 2.18. The second-order valence-corrected chi connectivity index (χ2v) is 7.97. The van der Waals surface area contributed by atoms with Crippen LogP contribution < -0.4 is 10.5 Å². The summed E-state index contributed by atoms with van der Waals surface area (Å²) in [7, 11) is 0. The van der Waals surface area contributed by atoms with Gasteiger partial charge in [-0.3, -0.25) is 4.79 Å². The number of ketones is 1. The number of benzene rings is 2. The zero-order chi connectivity index (χ0) is 23.3. The van der Waals surface area contributed by atoms with Crippen LogP contribution in [-0.4, -0.2) is 22.0 Å². The molecule has 0 saturated heterocycles. The van der Waals surface area contributed by atoms with Crippen molar-refractivity contribution in [1.82, 2.24) is 0 Å². The Hall–Kier alpha value is -3.38. The van der Waals surface area contributed by atoms with Crippen LogP contribution in [0, 0.1) is 0 Å². The zero-order valence-corrected chi connectivity index (χ0v) is 18.4. The van der Waals surface area contributed by atoms with Crippen molar-refractivity contribution in [2.45, 2.75) is 52.2 Å². The van der Waals surface area contributed by atoms with E-state index in [1.165, 1.54) is 6.92 Å². The first-order chi connectivity index (χ1) is 15.3. The maximum Gasteiger partial charge on any atom is 0.331 e. The molecular weight excluding hydrogens is 406 g/mol. The molecule has 0 aromatic heterocycles. The van der Waals surface area contributed by atoms with Crippen LogP contribution in [0.15, 0.2) is 59.7 Å². The lowest BCUT2D eigenvalue weighted by molar-refractivity contribution is -0.132. The second kappa shape index (κ2) is 10.3. The summed E-state index contributed by atoms with van der Waals surface area (Å²) < 4.78 is 5.96. The third-order valence-corrected chi connectivity index (χ3v) is 5.62. The van der Waals surface area contributed by atoms with Gasteiger partial charge in [0.1, 0.15) is 18.1 Å². The third-order valence-electron chi connectivity index (χ3n) is 5.62. The summed E-state index contributed by atoms with van der Waals surface area (Å²) in [5.74, 6) is -0.529. The fourth-order valence-corrected chi connectivity index (χ4v) is 3.82. The minimum atomic E-state index is -0.903. The number of phenolic OH excluding ortho intramolecular Hbond substituents is 1. The maximum absolute atomic E-state index is 11.7. The molecule has 0 bridgehead atoms. The van der Waals surface area contributed by atoms with Gasteiger partial charge in [0, 0.05) is 11.1 Å². The number of carbonyl (C=O) groups is 2. The van der Waals surface area contributed by atoms with Gasteiger partial charge in [0.05, 0.1) is 11.6 Å². The minimum absolute atomic E-state index is 0.00675. The molecule has 2 aromatic carbocycles. The fourth-order valence-electron chi connectivity index (χ4n) is 3.82. The molecule has 1 aliphatic rings. The number of aromatic hydroxyl groups is 1. The van der Waals surface area contributed by atoms with E-state index in [0.717, 1.165) is 23.1 Å². The quantitative estimate of drug-likeness (QED) is 0.485. The number of allylic oxidation sites excluding steroid dienone is 1. The maximum atomic E-state index is 11.7. The summed E-state index contributed by atoms with van der Waals surface area (Å²) >= 11 is 0. The molecule has 6 heteroatoms. The summed E-state index contributed by atoms with van der Waals surface area (Å²) in [6, 6.07) is 10.6. The molecular formula is C26H29NO5. The van der Waals surface area contributed by atoms with Crippen LogP contribution in [0.3, 0.4) is 0 Å². The van der Waals surface area contributed by atoms with Gasteiger partial charge in [-0.1, -0.05) is 43.7 Å². The molecule has 4 N–H and O–H groups in total. The predicted octanol–water partition coefficient (Wildman–Crippen LogP) is 4.86. The van der Waals surface area contributed by atoms with Crippen LogP contribution in [0.5, 0.6) is 11.5 Å². The summed E-state index contributed by atoms with van der Waals surface area (Å²) in [6.07, 6.45) is 6.26. The fraction of sp³-hybridized carbons (Fsp3) is 0.308. The van der Waals surface area contributed by atoms with Crippen molar-refractivity contribution >= 4 is 11.8 Å². The molecule has 6 nitrogen and oxygen atoms in total. The number of phenols is 1. The van der Waals surface area contributed by atoms with Crippen molar-refractivity contribution in [3.63, 3.8) is 0 Å². The molecule has 2 aromatic rings. The first kappa shape index (κ1) is 23.3. The van der Waals surface area contributed by atoms with Crippen LogP contribution in [0.1, 0.15) is 66.2 Å². The Balaban J connectivity index is 1.72. The van der Waals surface area contributed by atoms with Crippen molar-refractivity contribution in [3.05, 3.63) is 82.0 Å². The highest BCUT2D eigenvalue weighted by Crippen LogP contribution is 2.33. The van der Waals surface area contributed by atoms with E-state index in [9.17, 15) is 19.8 Å². The Morgan fingerprint density at radius 3 is 2.50 bits per heavy atom. The largest absolute Gasteiger partial charge is 0.507 e. The lowest BCUT2D eigenvalue weighted by Crippen LogP contribution is -2.15. The van der Waals surface area contributed by atoms with Gasteiger partial charge in [-0.25, -0.2) is 4.79 Å². The van der Waals surface area contributed by atoms with Gasteiger partial charge >= 0.3 is 5.97 Å². The van der Waals surface area contributed by atoms with Gasteiger partial charge in [0.15, 0.2) is 5.78 Å². The van der Waals surface area contributed by atoms with Crippen LogP contribution in [0.25, 0.3) is 0 Å². The standard InChI is InChI=1S/C26H29NO5/c1-3-5-22-23(13-12-21(16(2)28)25(22)29)32-15-17-8-10-18(11-9-17)24(27)19-6-4-7-20(14-19)26(30)31/h6,8-14,24,29H,3-5,7,15,27H2,1-2H3,(H,30,31). The average Bonchev–Trinajstić information content (AvgIpc) is 2.79. The van der Waals surface area contributed by atoms with Crippen molar-refractivity contribution in [2.75, 3.05) is 0 Å². The number of carboxylic acid groups (broad SMARTS) is 1. The summed E-state index contributed by atoms with van der Waals surface area (Å²) in [4.78, 5) is 23.0. The second-order valence-electron chi connectivity index (χ2n) is 7.97. The van der Waals surface area contributed by atoms with E-state index in [1.54, 1.807) is 18.2 Å². The lowest BCUT2D eigenvalue weighted by Gasteiger charge is -2.18. The van der Waals surface area contributed by atoms with Crippen LogP contribution in [0.4, 0.5) is 0 Å². The number of carbonyl (C=O) groups excluding carboxylic acids is 1. The van der Waals surface area contributed by atoms with E-state index in [-0.39, 0.29) is 11.5 Å². The van der Waals surface area contributed by atoms with Gasteiger partial charge in [-0.05, 0) is 61.1 Å². The Morgan fingerprint density at radius 1 is 1.16 bits per heavy atom. The van der Waals surface area contributed by atoms with Crippen molar-refractivity contribution in [3.8, 4) is 11.5 Å². The topological polar surface area (TPSA) is 110 Å².